The van der Waals surface area contributed by atoms with Gasteiger partial charge in [0.1, 0.15) is 5.82 Å². The molecule has 0 spiro atoms. The molecule has 1 heterocycles. The second-order valence-electron chi connectivity index (χ2n) is 4.03. The standard InChI is InChI=1S/C11H11F2NO3/c12-6-1-2-8(15)10(13)9(6)7-3-5(4-14-7)11(16)17/h1-2,5,7,14-15H,3-4H2,(H,16,17). The number of phenolic OH excluding ortho intramolecular Hbond substituents is 1. The second-order valence-corrected chi connectivity index (χ2v) is 4.03. The van der Waals surface area contributed by atoms with E-state index in [1.54, 1.807) is 0 Å². The number of carbonyl (C=O) groups is 1. The zero-order chi connectivity index (χ0) is 12.6. The van der Waals surface area contributed by atoms with Crippen LogP contribution in [0.5, 0.6) is 5.75 Å². The molecule has 1 aromatic carbocycles. The van der Waals surface area contributed by atoms with E-state index in [9.17, 15) is 18.7 Å². The first-order valence-electron chi connectivity index (χ1n) is 5.13. The van der Waals surface area contributed by atoms with Gasteiger partial charge in [0.2, 0.25) is 0 Å². The third-order valence-corrected chi connectivity index (χ3v) is 2.93. The number of hydrogen-bond donors (Lipinski definition) is 3. The molecule has 17 heavy (non-hydrogen) atoms. The van der Waals surface area contributed by atoms with Crippen LogP contribution in [-0.4, -0.2) is 22.7 Å². The minimum absolute atomic E-state index is 0.104. The molecule has 1 fully saturated rings. The van der Waals surface area contributed by atoms with Gasteiger partial charge in [-0.15, -0.1) is 0 Å². The summed E-state index contributed by atoms with van der Waals surface area (Å²) in [6, 6.07) is 1.17. The van der Waals surface area contributed by atoms with Gasteiger partial charge in [-0.25, -0.2) is 8.78 Å². The van der Waals surface area contributed by atoms with Gasteiger partial charge in [0.15, 0.2) is 11.6 Å². The highest BCUT2D eigenvalue weighted by atomic mass is 19.1. The van der Waals surface area contributed by atoms with Crippen molar-refractivity contribution in [2.75, 3.05) is 6.54 Å². The van der Waals surface area contributed by atoms with Crippen molar-refractivity contribution in [3.05, 3.63) is 29.3 Å². The third kappa shape index (κ3) is 2.08. The average Bonchev–Trinajstić information content (AvgIpc) is 2.73. The first kappa shape index (κ1) is 11.8. The highest BCUT2D eigenvalue weighted by Crippen LogP contribution is 2.33. The summed E-state index contributed by atoms with van der Waals surface area (Å²) >= 11 is 0. The fourth-order valence-corrected chi connectivity index (χ4v) is 2.02. The smallest absolute Gasteiger partial charge is 0.307 e. The lowest BCUT2D eigenvalue weighted by Crippen LogP contribution is -2.18. The van der Waals surface area contributed by atoms with E-state index in [-0.39, 0.29) is 18.5 Å². The number of carboxylic acids is 1. The van der Waals surface area contributed by atoms with Crippen molar-refractivity contribution in [3.63, 3.8) is 0 Å². The molecule has 3 N–H and O–H groups in total. The lowest BCUT2D eigenvalue weighted by Gasteiger charge is -2.13. The van der Waals surface area contributed by atoms with E-state index in [0.29, 0.717) is 0 Å². The van der Waals surface area contributed by atoms with Crippen LogP contribution < -0.4 is 5.32 Å². The van der Waals surface area contributed by atoms with Gasteiger partial charge >= 0.3 is 5.97 Å². The molecular weight excluding hydrogens is 232 g/mol. The molecule has 1 aromatic rings. The molecule has 0 aliphatic carbocycles. The number of carboxylic acid groups (broad SMARTS) is 1. The highest BCUT2D eigenvalue weighted by Gasteiger charge is 2.33. The van der Waals surface area contributed by atoms with Crippen molar-refractivity contribution in [1.29, 1.82) is 0 Å². The Morgan fingerprint density at radius 1 is 1.41 bits per heavy atom. The van der Waals surface area contributed by atoms with Gasteiger partial charge < -0.3 is 15.5 Å². The van der Waals surface area contributed by atoms with Crippen LogP contribution in [0.4, 0.5) is 8.78 Å². The van der Waals surface area contributed by atoms with Gasteiger partial charge in [0.25, 0.3) is 0 Å². The largest absolute Gasteiger partial charge is 0.505 e. The summed E-state index contributed by atoms with van der Waals surface area (Å²) in [4.78, 5) is 10.7. The normalized spacial score (nSPS) is 23.9. The summed E-state index contributed by atoms with van der Waals surface area (Å²) in [5.74, 6) is -4.12. The van der Waals surface area contributed by atoms with Gasteiger partial charge in [-0.1, -0.05) is 0 Å². The van der Waals surface area contributed by atoms with Crippen LogP contribution in [0.3, 0.4) is 0 Å². The molecule has 0 aromatic heterocycles. The van der Waals surface area contributed by atoms with Crippen molar-refractivity contribution < 1.29 is 23.8 Å². The Balaban J connectivity index is 2.30. The van der Waals surface area contributed by atoms with Crippen molar-refractivity contribution in [2.45, 2.75) is 12.5 Å². The Hall–Kier alpha value is -1.69. The minimum Gasteiger partial charge on any atom is -0.505 e. The molecule has 6 heteroatoms. The predicted molar refractivity (Wildman–Crippen MR) is 54.5 cm³/mol. The molecule has 0 radical (unpaired) electrons. The van der Waals surface area contributed by atoms with Crippen LogP contribution in [0, 0.1) is 17.6 Å². The first-order valence-corrected chi connectivity index (χ1v) is 5.13. The van der Waals surface area contributed by atoms with Crippen molar-refractivity contribution in [2.24, 2.45) is 5.92 Å². The zero-order valence-corrected chi connectivity index (χ0v) is 8.78. The highest BCUT2D eigenvalue weighted by molar-refractivity contribution is 5.70. The molecule has 1 saturated heterocycles. The number of benzene rings is 1. The van der Waals surface area contributed by atoms with E-state index in [1.807, 2.05) is 0 Å². The number of aromatic hydroxyl groups is 1. The number of rotatable bonds is 2. The fraction of sp³-hybridized carbons (Fsp3) is 0.364. The van der Waals surface area contributed by atoms with E-state index in [2.05, 4.69) is 5.32 Å². The topological polar surface area (TPSA) is 69.6 Å². The lowest BCUT2D eigenvalue weighted by atomic mass is 9.99. The lowest BCUT2D eigenvalue weighted by molar-refractivity contribution is -0.141. The van der Waals surface area contributed by atoms with Crippen LogP contribution >= 0.6 is 0 Å². The molecule has 1 aliphatic heterocycles. The van der Waals surface area contributed by atoms with Gasteiger partial charge in [-0.05, 0) is 18.6 Å². The summed E-state index contributed by atoms with van der Waals surface area (Å²) in [5.41, 5.74) is -0.297. The van der Waals surface area contributed by atoms with Crippen LogP contribution in [0.25, 0.3) is 0 Å². The Labute approximate surface area is 95.9 Å². The Kier molecular flexibility index (Phi) is 2.97. The van der Waals surface area contributed by atoms with E-state index in [1.165, 1.54) is 0 Å². The number of phenols is 1. The predicted octanol–water partition coefficient (Wildman–Crippen LogP) is 1.41. The van der Waals surface area contributed by atoms with E-state index < -0.39 is 35.3 Å². The van der Waals surface area contributed by atoms with E-state index in [0.717, 1.165) is 12.1 Å². The van der Waals surface area contributed by atoms with Crippen LogP contribution in [0.15, 0.2) is 12.1 Å². The van der Waals surface area contributed by atoms with Crippen LogP contribution in [-0.2, 0) is 4.79 Å². The molecule has 0 saturated carbocycles. The number of hydrogen-bond acceptors (Lipinski definition) is 3. The maximum atomic E-state index is 13.6. The maximum absolute atomic E-state index is 13.6. The summed E-state index contributed by atoms with van der Waals surface area (Å²) in [6.07, 6.45) is 0.104. The van der Waals surface area contributed by atoms with Gasteiger partial charge in [-0.3, -0.25) is 4.79 Å². The number of halogens is 2. The van der Waals surface area contributed by atoms with Gasteiger partial charge in [-0.2, -0.15) is 0 Å². The van der Waals surface area contributed by atoms with Crippen molar-refractivity contribution in [1.82, 2.24) is 5.32 Å². The average molecular weight is 243 g/mol. The summed E-state index contributed by atoms with van der Waals surface area (Å²) in [7, 11) is 0. The molecule has 2 unspecified atom stereocenters. The van der Waals surface area contributed by atoms with Crippen molar-refractivity contribution in [3.8, 4) is 5.75 Å². The maximum Gasteiger partial charge on any atom is 0.307 e. The quantitative estimate of drug-likeness (QED) is 0.734. The monoisotopic (exact) mass is 243 g/mol. The third-order valence-electron chi connectivity index (χ3n) is 2.93. The van der Waals surface area contributed by atoms with Crippen LogP contribution in [0.2, 0.25) is 0 Å². The Bertz CT molecular complexity index is 464. The molecular formula is C11H11F2NO3. The second kappa shape index (κ2) is 4.29. The summed E-state index contributed by atoms with van der Waals surface area (Å²) in [6.45, 7) is 0.161. The van der Waals surface area contributed by atoms with Crippen molar-refractivity contribution >= 4 is 5.97 Å². The van der Waals surface area contributed by atoms with Gasteiger partial charge in [0.05, 0.1) is 5.92 Å². The molecule has 4 nitrogen and oxygen atoms in total. The van der Waals surface area contributed by atoms with E-state index >= 15 is 0 Å². The number of nitrogens with one attached hydrogen (secondary N) is 1. The summed E-state index contributed by atoms with van der Waals surface area (Å²) < 4.78 is 27.0. The molecule has 0 bridgehead atoms. The van der Waals surface area contributed by atoms with E-state index in [4.69, 9.17) is 5.11 Å². The Morgan fingerprint density at radius 2 is 2.12 bits per heavy atom. The molecule has 2 atom stereocenters. The van der Waals surface area contributed by atoms with Gasteiger partial charge in [0, 0.05) is 18.2 Å². The molecule has 2 rings (SSSR count). The van der Waals surface area contributed by atoms with Crippen LogP contribution in [0.1, 0.15) is 18.0 Å². The zero-order valence-electron chi connectivity index (χ0n) is 8.78. The fourth-order valence-electron chi connectivity index (χ4n) is 2.02. The Morgan fingerprint density at radius 3 is 2.71 bits per heavy atom. The molecule has 92 valence electrons. The minimum atomic E-state index is -1.03. The number of aliphatic carboxylic acids is 1. The molecule has 0 amide bonds. The first-order chi connectivity index (χ1) is 8.00. The summed E-state index contributed by atoms with van der Waals surface area (Å²) in [5, 5.41) is 20.7. The SMILES string of the molecule is O=C(O)C1CNC(c2c(F)ccc(O)c2F)C1. The molecule has 1 aliphatic rings.